The van der Waals surface area contributed by atoms with Gasteiger partial charge >= 0.3 is 6.18 Å². The number of pyridine rings is 1. The smallest absolute Gasteiger partial charge is 0.411 e. The van der Waals surface area contributed by atoms with Crippen LogP contribution in [0.2, 0.25) is 0 Å². The molecule has 1 heterocycles. The topological polar surface area (TPSA) is 154 Å². The van der Waals surface area contributed by atoms with Crippen LogP contribution < -0.4 is 10.1 Å². The lowest BCUT2D eigenvalue weighted by Crippen LogP contribution is -2.48. The molecule has 0 aliphatic heterocycles. The van der Waals surface area contributed by atoms with Crippen LogP contribution in [0, 0.1) is 6.92 Å². The van der Waals surface area contributed by atoms with Crippen LogP contribution in [0.15, 0.2) is 41.0 Å². The highest BCUT2D eigenvalue weighted by Gasteiger charge is 2.30. The fourth-order valence-electron chi connectivity index (χ4n) is 4.04. The number of carbonyl (C=O) groups is 4. The number of nitrogens with one attached hydrogen (secondary N) is 1. The highest BCUT2D eigenvalue weighted by atomic mass is 79.9. The summed E-state index contributed by atoms with van der Waals surface area (Å²) >= 11 is 3.33. The number of likely N-dealkylation sites (N-methyl/N-ethyl adjacent to an activating group) is 1. The maximum Gasteiger partial charge on any atom is 0.411 e. The van der Waals surface area contributed by atoms with Gasteiger partial charge in [-0.25, -0.2) is 4.98 Å². The Hall–Kier alpha value is -3.44. The van der Waals surface area contributed by atoms with Crippen LogP contribution in [0.25, 0.3) is 0 Å². The molecule has 2 N–H and O–H groups in total. The number of imide groups is 1. The zero-order valence-corrected chi connectivity index (χ0v) is 28.6. The van der Waals surface area contributed by atoms with Crippen molar-refractivity contribution >= 4 is 40.4 Å². The number of aliphatic hydroxyl groups excluding tert-OH is 1. The average molecular weight is 751 g/mol. The van der Waals surface area contributed by atoms with Crippen LogP contribution in [0.3, 0.4) is 0 Å². The molecular weight excluding hydrogens is 707 g/mol. The molecule has 16 heteroatoms. The number of carbonyl (C=O) groups excluding carboxylic acids is 4. The van der Waals surface area contributed by atoms with E-state index in [1.54, 1.807) is 25.3 Å². The molecule has 0 saturated heterocycles. The molecule has 0 bridgehead atoms. The van der Waals surface area contributed by atoms with Gasteiger partial charge in [0.1, 0.15) is 25.5 Å². The van der Waals surface area contributed by atoms with E-state index in [4.69, 9.17) is 24.1 Å². The summed E-state index contributed by atoms with van der Waals surface area (Å²) in [6, 6.07) is 8.04. The summed E-state index contributed by atoms with van der Waals surface area (Å²) < 4.78 is 54.6. The molecule has 0 fully saturated rings. The number of hydrogen-bond acceptors (Lipinski definition) is 10. The first-order valence-electron chi connectivity index (χ1n) is 15.1. The Bertz CT molecular complexity index is 1240. The third kappa shape index (κ3) is 18.2. The predicted octanol–water partition coefficient (Wildman–Crippen LogP) is 3.84. The number of nitrogens with zero attached hydrogens (tertiary/aromatic N) is 2. The Labute approximate surface area is 286 Å². The zero-order valence-electron chi connectivity index (χ0n) is 27.0. The molecule has 0 radical (unpaired) electrons. The van der Waals surface area contributed by atoms with E-state index in [0.29, 0.717) is 76.0 Å². The van der Waals surface area contributed by atoms with Crippen LogP contribution in [0.4, 0.5) is 13.2 Å². The minimum atomic E-state index is -4.40. The second-order valence-corrected chi connectivity index (χ2v) is 11.0. The maximum atomic E-state index is 13.1. The highest BCUT2D eigenvalue weighted by molar-refractivity contribution is 9.10. The van der Waals surface area contributed by atoms with E-state index in [1.165, 1.54) is 7.05 Å². The van der Waals surface area contributed by atoms with Gasteiger partial charge < -0.3 is 34.2 Å². The van der Waals surface area contributed by atoms with Gasteiger partial charge in [-0.1, -0.05) is 12.1 Å². The van der Waals surface area contributed by atoms with Crippen molar-refractivity contribution in [1.29, 1.82) is 0 Å². The second-order valence-electron chi connectivity index (χ2n) is 10.1. The molecule has 12 nitrogen and oxygen atoms in total. The van der Waals surface area contributed by atoms with Gasteiger partial charge in [-0.3, -0.25) is 19.3 Å². The van der Waals surface area contributed by atoms with Crippen LogP contribution in [-0.4, -0.2) is 112 Å². The number of unbranched alkanes of at least 4 members (excludes halogenated alkanes) is 1. The molecule has 3 amide bonds. The molecule has 0 aliphatic carbocycles. The number of aromatic nitrogens is 1. The van der Waals surface area contributed by atoms with Crippen LogP contribution in [0.5, 0.6) is 5.88 Å². The van der Waals surface area contributed by atoms with E-state index in [9.17, 15) is 32.3 Å². The fourth-order valence-corrected chi connectivity index (χ4v) is 4.27. The number of benzene rings is 1. The summed E-state index contributed by atoms with van der Waals surface area (Å²) in [5.74, 6) is -0.513. The molecule has 1 atom stereocenters. The number of aliphatic hydroxyl groups is 1. The highest BCUT2D eigenvalue weighted by Crippen LogP contribution is 2.18. The average Bonchev–Trinajstić information content (AvgIpc) is 3.07. The minimum Gasteiger partial charge on any atom is -0.475 e. The quantitative estimate of drug-likeness (QED) is 0.134. The second kappa shape index (κ2) is 24.7. The zero-order chi connectivity index (χ0) is 35.8. The summed E-state index contributed by atoms with van der Waals surface area (Å²) in [6.07, 6.45) is 0.994. The van der Waals surface area contributed by atoms with E-state index in [-0.39, 0.29) is 12.8 Å². The minimum absolute atomic E-state index is 0.0582. The standard InChI is InChI=1S/C30H40BrN3O8.C2H3F3O/c1-23-20-24(8-10-26(23)30(38)34(22-36)27(7-5-12-35)29(37)32-2)6-3-4-13-39-14-15-40-16-17-41-18-19-42-28-11-9-25(31)21-33-28;3-2(4,5)1-6/h8-12,20-22,27H,3-7,13-19H2,1-2H3,(H,32,37);6H,1H2. The monoisotopic (exact) mass is 749 g/mol. The Kier molecular flexibility index (Phi) is 21.9. The van der Waals surface area contributed by atoms with E-state index in [1.807, 2.05) is 18.2 Å². The van der Waals surface area contributed by atoms with Crippen molar-refractivity contribution in [2.24, 2.45) is 0 Å². The van der Waals surface area contributed by atoms with Crippen molar-refractivity contribution in [2.75, 3.05) is 59.9 Å². The number of hydrogen-bond donors (Lipinski definition) is 2. The Morgan fingerprint density at radius 3 is 2.15 bits per heavy atom. The molecule has 0 saturated carbocycles. The van der Waals surface area contributed by atoms with Gasteiger partial charge in [0, 0.05) is 42.4 Å². The molecule has 2 rings (SSSR count). The molecule has 2 aromatic rings. The molecule has 1 unspecified atom stereocenters. The molecule has 268 valence electrons. The molecule has 0 spiro atoms. The first-order chi connectivity index (χ1) is 23.0. The number of rotatable bonds is 22. The van der Waals surface area contributed by atoms with E-state index in [0.717, 1.165) is 34.2 Å². The SMILES string of the molecule is CNC(=O)C(CCC=O)N(C=O)C(=O)c1ccc(CCCCOCCOCCOCCOc2ccc(Br)cn2)cc1C.OCC(F)(F)F. The van der Waals surface area contributed by atoms with E-state index in [2.05, 4.69) is 26.2 Å². The lowest BCUT2D eigenvalue weighted by molar-refractivity contribution is -0.159. The van der Waals surface area contributed by atoms with Crippen LogP contribution >= 0.6 is 15.9 Å². The molecule has 1 aromatic heterocycles. The van der Waals surface area contributed by atoms with Crippen LogP contribution in [0.1, 0.15) is 47.2 Å². The number of aryl methyl sites for hydroxylation is 2. The van der Waals surface area contributed by atoms with Crippen molar-refractivity contribution < 1.29 is 56.4 Å². The van der Waals surface area contributed by atoms with Crippen molar-refractivity contribution in [3.05, 3.63) is 57.7 Å². The Morgan fingerprint density at radius 2 is 1.62 bits per heavy atom. The number of aldehydes is 1. The molecule has 48 heavy (non-hydrogen) atoms. The van der Waals surface area contributed by atoms with E-state index < -0.39 is 30.6 Å². The summed E-state index contributed by atoms with van der Waals surface area (Å²) in [5.41, 5.74) is 2.11. The normalized spacial score (nSPS) is 11.6. The molecular formula is C32H43BrF3N3O9. The van der Waals surface area contributed by atoms with Gasteiger partial charge in [0.25, 0.3) is 5.91 Å². The number of alkyl halides is 3. The van der Waals surface area contributed by atoms with Gasteiger partial charge in [0.15, 0.2) is 0 Å². The van der Waals surface area contributed by atoms with Crippen molar-refractivity contribution in [3.8, 4) is 5.88 Å². The predicted molar refractivity (Wildman–Crippen MR) is 173 cm³/mol. The lowest BCUT2D eigenvalue weighted by Gasteiger charge is -2.25. The molecule has 0 aliphatic rings. The van der Waals surface area contributed by atoms with Crippen molar-refractivity contribution in [2.45, 2.75) is 51.2 Å². The summed E-state index contributed by atoms with van der Waals surface area (Å²) in [5, 5.41) is 9.72. The van der Waals surface area contributed by atoms with Crippen molar-refractivity contribution in [3.63, 3.8) is 0 Å². The van der Waals surface area contributed by atoms with Gasteiger partial charge in [0.05, 0.1) is 33.0 Å². The molecule has 1 aromatic carbocycles. The summed E-state index contributed by atoms with van der Waals surface area (Å²) in [6.45, 7) is 3.51. The third-order valence-corrected chi connectivity index (χ3v) is 6.89. The number of amides is 3. The van der Waals surface area contributed by atoms with E-state index >= 15 is 0 Å². The largest absolute Gasteiger partial charge is 0.475 e. The fraction of sp³-hybridized carbons (Fsp3) is 0.531. The maximum absolute atomic E-state index is 13.1. The van der Waals surface area contributed by atoms with Crippen LogP contribution in [-0.2, 0) is 35.0 Å². The first kappa shape index (κ1) is 42.6. The Balaban J connectivity index is 0.00000175. The van der Waals surface area contributed by atoms with Gasteiger partial charge in [-0.05, 0) is 71.8 Å². The number of halogens is 4. The summed E-state index contributed by atoms with van der Waals surface area (Å²) in [4.78, 5) is 52.8. The van der Waals surface area contributed by atoms with Gasteiger partial charge in [0.2, 0.25) is 18.2 Å². The van der Waals surface area contributed by atoms with Crippen molar-refractivity contribution in [1.82, 2.24) is 15.2 Å². The number of ether oxygens (including phenoxy) is 4. The van der Waals surface area contributed by atoms with Gasteiger partial charge in [-0.15, -0.1) is 0 Å². The first-order valence-corrected chi connectivity index (χ1v) is 15.9. The lowest BCUT2D eigenvalue weighted by atomic mass is 10.00. The third-order valence-electron chi connectivity index (χ3n) is 6.42. The summed E-state index contributed by atoms with van der Waals surface area (Å²) in [7, 11) is 1.42. The Morgan fingerprint density at radius 1 is 1.00 bits per heavy atom. The van der Waals surface area contributed by atoms with Gasteiger partial charge in [-0.2, -0.15) is 13.2 Å².